The van der Waals surface area contributed by atoms with Gasteiger partial charge in [0, 0.05) is 10.6 Å². The van der Waals surface area contributed by atoms with E-state index >= 15 is 0 Å². The number of nitrogens with one attached hydrogen (secondary N) is 1. The predicted molar refractivity (Wildman–Crippen MR) is 104 cm³/mol. The lowest BCUT2D eigenvalue weighted by molar-refractivity contribution is -0.119. The van der Waals surface area contributed by atoms with Crippen molar-refractivity contribution in [3.8, 4) is 11.2 Å². The third-order valence-electron chi connectivity index (χ3n) is 3.67. The summed E-state index contributed by atoms with van der Waals surface area (Å²) in [6, 6.07) is 10.2. The number of esters is 1. The topological polar surface area (TPSA) is 88.4 Å². The average Bonchev–Trinajstić information content (AvgIpc) is 2.64. The molecule has 27 heavy (non-hydrogen) atoms. The van der Waals surface area contributed by atoms with E-state index in [4.69, 9.17) is 14.7 Å². The van der Waals surface area contributed by atoms with E-state index < -0.39 is 11.9 Å². The van der Waals surface area contributed by atoms with Crippen molar-refractivity contribution in [2.45, 2.75) is 25.7 Å². The molecule has 0 bridgehead atoms. The van der Waals surface area contributed by atoms with Gasteiger partial charge in [-0.1, -0.05) is 0 Å². The molecule has 0 aromatic heterocycles. The molecule has 0 aliphatic rings. The molecule has 0 fully saturated rings. The minimum absolute atomic E-state index is 0.344. The maximum atomic E-state index is 12.1. The third-order valence-corrected chi connectivity index (χ3v) is 4.23. The lowest BCUT2D eigenvalue weighted by Gasteiger charge is -2.13. The summed E-state index contributed by atoms with van der Waals surface area (Å²) in [5.74, 6) is -0.348. The van der Waals surface area contributed by atoms with Gasteiger partial charge in [0.2, 0.25) is 0 Å². The van der Waals surface area contributed by atoms with Crippen LogP contribution >= 0.6 is 11.8 Å². The number of ether oxygens (including phenoxy) is 2. The second-order valence-corrected chi connectivity index (χ2v) is 6.57. The van der Waals surface area contributed by atoms with Gasteiger partial charge in [-0.25, -0.2) is 4.79 Å². The number of carbonyl (C=O) groups excluding carboxylic acids is 2. The van der Waals surface area contributed by atoms with Gasteiger partial charge in [0.1, 0.15) is 11.2 Å². The molecule has 2 aromatic rings. The Kier molecular flexibility index (Phi) is 7.26. The van der Waals surface area contributed by atoms with Crippen LogP contribution in [0.5, 0.6) is 5.75 Å². The highest BCUT2D eigenvalue weighted by Crippen LogP contribution is 2.27. The van der Waals surface area contributed by atoms with Gasteiger partial charge < -0.3 is 14.8 Å². The first-order chi connectivity index (χ1) is 12.9. The molecule has 140 valence electrons. The average molecular weight is 384 g/mol. The third kappa shape index (κ3) is 5.76. The fourth-order valence-electron chi connectivity index (χ4n) is 2.48. The quantitative estimate of drug-likeness (QED) is 0.440. The second kappa shape index (κ2) is 9.64. The normalized spacial score (nSPS) is 10.0. The number of nitrogens with zero attached hydrogens (tertiary/aromatic N) is 1. The van der Waals surface area contributed by atoms with Gasteiger partial charge in [-0.3, -0.25) is 4.79 Å². The summed E-state index contributed by atoms with van der Waals surface area (Å²) >= 11 is 1.06. The summed E-state index contributed by atoms with van der Waals surface area (Å²) in [5, 5.41) is 13.5. The van der Waals surface area contributed by atoms with Crippen LogP contribution in [0.1, 0.15) is 28.4 Å². The van der Waals surface area contributed by atoms with E-state index in [-0.39, 0.29) is 6.61 Å². The summed E-state index contributed by atoms with van der Waals surface area (Å²) in [5.41, 5.74) is 2.66. The van der Waals surface area contributed by atoms with Crippen molar-refractivity contribution in [3.63, 3.8) is 0 Å². The Morgan fingerprint density at radius 3 is 2.33 bits per heavy atom. The van der Waals surface area contributed by atoms with E-state index in [2.05, 4.69) is 5.32 Å². The number of thiocyanates is 1. The molecular weight excluding hydrogens is 364 g/mol. The molecule has 0 unspecified atom stereocenters. The van der Waals surface area contributed by atoms with Gasteiger partial charge in [-0.2, -0.15) is 5.26 Å². The molecular formula is C20H20N2O4S. The minimum Gasteiger partial charge on any atom is -0.494 e. The molecule has 2 rings (SSSR count). The molecule has 1 N–H and O–H groups in total. The monoisotopic (exact) mass is 384 g/mol. The number of benzene rings is 2. The first kappa shape index (κ1) is 20.3. The molecule has 1 amide bonds. The number of rotatable bonds is 7. The van der Waals surface area contributed by atoms with Crippen LogP contribution in [-0.2, 0) is 9.53 Å². The Morgan fingerprint density at radius 2 is 1.78 bits per heavy atom. The van der Waals surface area contributed by atoms with E-state index in [0.717, 1.165) is 27.8 Å². The Balaban J connectivity index is 1.94. The minimum atomic E-state index is -0.581. The summed E-state index contributed by atoms with van der Waals surface area (Å²) in [7, 11) is 0. The SMILES string of the molecule is CCOc1ccc(C(=O)OCC(=O)Nc2c(C)cc(SC#N)cc2C)cc1. The zero-order chi connectivity index (χ0) is 19.8. The van der Waals surface area contributed by atoms with Crippen LogP contribution in [0.3, 0.4) is 0 Å². The van der Waals surface area contributed by atoms with Gasteiger partial charge in [0.15, 0.2) is 6.61 Å². The highest BCUT2D eigenvalue weighted by molar-refractivity contribution is 8.03. The molecule has 6 nitrogen and oxygen atoms in total. The zero-order valence-electron chi connectivity index (χ0n) is 15.4. The summed E-state index contributed by atoms with van der Waals surface area (Å²) in [6.45, 7) is 5.71. The summed E-state index contributed by atoms with van der Waals surface area (Å²) < 4.78 is 10.4. The van der Waals surface area contributed by atoms with E-state index in [1.807, 2.05) is 38.3 Å². The smallest absolute Gasteiger partial charge is 0.338 e. The molecule has 0 saturated carbocycles. The van der Waals surface area contributed by atoms with E-state index in [0.29, 0.717) is 23.6 Å². The first-order valence-electron chi connectivity index (χ1n) is 8.31. The van der Waals surface area contributed by atoms with Crippen molar-refractivity contribution >= 4 is 29.3 Å². The maximum absolute atomic E-state index is 12.1. The molecule has 0 heterocycles. The van der Waals surface area contributed by atoms with Crippen molar-refractivity contribution in [2.75, 3.05) is 18.5 Å². The maximum Gasteiger partial charge on any atom is 0.338 e. The number of aryl methyl sites for hydroxylation is 2. The number of thioether (sulfide) groups is 1. The number of hydrogen-bond acceptors (Lipinski definition) is 6. The van der Waals surface area contributed by atoms with Crippen LogP contribution in [-0.4, -0.2) is 25.1 Å². The molecule has 0 aliphatic carbocycles. The van der Waals surface area contributed by atoms with Crippen LogP contribution in [0.15, 0.2) is 41.3 Å². The van der Waals surface area contributed by atoms with Gasteiger partial charge in [-0.15, -0.1) is 0 Å². The van der Waals surface area contributed by atoms with Gasteiger partial charge in [-0.05, 0) is 80.1 Å². The highest BCUT2D eigenvalue weighted by Gasteiger charge is 2.13. The molecule has 7 heteroatoms. The van der Waals surface area contributed by atoms with Gasteiger partial charge in [0.25, 0.3) is 5.91 Å². The van der Waals surface area contributed by atoms with Crippen LogP contribution in [0.2, 0.25) is 0 Å². The summed E-state index contributed by atoms with van der Waals surface area (Å²) in [4.78, 5) is 25.0. The fourth-order valence-corrected chi connectivity index (χ4v) is 3.05. The molecule has 0 spiro atoms. The van der Waals surface area contributed by atoms with Crippen molar-refractivity contribution in [1.29, 1.82) is 5.26 Å². The molecule has 0 aliphatic heterocycles. The van der Waals surface area contributed by atoms with Gasteiger partial charge >= 0.3 is 5.97 Å². The fraction of sp³-hybridized carbons (Fsp3) is 0.250. The summed E-state index contributed by atoms with van der Waals surface area (Å²) in [6.07, 6.45) is 0. The van der Waals surface area contributed by atoms with Crippen molar-refractivity contribution in [1.82, 2.24) is 0 Å². The van der Waals surface area contributed by atoms with Crippen molar-refractivity contribution in [3.05, 3.63) is 53.1 Å². The van der Waals surface area contributed by atoms with Crippen LogP contribution in [0.4, 0.5) is 5.69 Å². The number of nitriles is 1. The molecule has 0 saturated heterocycles. The molecule has 0 radical (unpaired) electrons. The Morgan fingerprint density at radius 1 is 1.15 bits per heavy atom. The van der Waals surface area contributed by atoms with Crippen LogP contribution < -0.4 is 10.1 Å². The van der Waals surface area contributed by atoms with E-state index in [1.54, 1.807) is 24.3 Å². The number of anilines is 1. The van der Waals surface area contributed by atoms with Gasteiger partial charge in [0.05, 0.1) is 12.2 Å². The largest absolute Gasteiger partial charge is 0.494 e. The zero-order valence-corrected chi connectivity index (χ0v) is 16.2. The lowest BCUT2D eigenvalue weighted by Crippen LogP contribution is -2.21. The Labute approximate surface area is 162 Å². The van der Waals surface area contributed by atoms with Crippen molar-refractivity contribution in [2.24, 2.45) is 0 Å². The highest BCUT2D eigenvalue weighted by atomic mass is 32.2. The standard InChI is InChI=1S/C20H20N2O4S/c1-4-25-16-7-5-15(6-8-16)20(24)26-11-18(23)22-19-13(2)9-17(27-12-21)10-14(19)3/h5-10H,4,11H2,1-3H3,(H,22,23). The molecule has 2 aromatic carbocycles. The Hall–Kier alpha value is -2.98. The van der Waals surface area contributed by atoms with Crippen molar-refractivity contribution < 1.29 is 19.1 Å². The predicted octanol–water partition coefficient (Wildman–Crippen LogP) is 4.07. The van der Waals surface area contributed by atoms with E-state index in [9.17, 15) is 9.59 Å². The second-order valence-electron chi connectivity index (χ2n) is 5.71. The number of carbonyl (C=O) groups is 2. The number of hydrogen-bond donors (Lipinski definition) is 1. The number of amides is 1. The molecule has 0 atom stereocenters. The van der Waals surface area contributed by atoms with E-state index in [1.165, 1.54) is 0 Å². The van der Waals surface area contributed by atoms with Crippen LogP contribution in [0.25, 0.3) is 0 Å². The first-order valence-corrected chi connectivity index (χ1v) is 9.13. The lowest BCUT2D eigenvalue weighted by atomic mass is 10.1. The Bertz CT molecular complexity index is 850. The van der Waals surface area contributed by atoms with Crippen LogP contribution in [0, 0.1) is 24.5 Å².